The Morgan fingerprint density at radius 3 is 2.16 bits per heavy atom. The summed E-state index contributed by atoms with van der Waals surface area (Å²) in [6.07, 6.45) is 0.853. The summed E-state index contributed by atoms with van der Waals surface area (Å²) in [6, 6.07) is 21.9. The van der Waals surface area contributed by atoms with Crippen LogP contribution >= 0.6 is 0 Å². The highest BCUT2D eigenvalue weighted by molar-refractivity contribution is 6.45. The molecule has 2 amide bonds. The zero-order chi connectivity index (χ0) is 22.4. The van der Waals surface area contributed by atoms with Gasteiger partial charge in [-0.2, -0.15) is 0 Å². The lowest BCUT2D eigenvalue weighted by Crippen LogP contribution is -2.37. The Labute approximate surface area is 188 Å². The maximum atomic E-state index is 13.8. The molecule has 4 heteroatoms. The van der Waals surface area contributed by atoms with Gasteiger partial charge < -0.3 is 4.90 Å². The number of amides is 2. The largest absolute Gasteiger partial charge is 0.362 e. The van der Waals surface area contributed by atoms with Gasteiger partial charge in [0.1, 0.15) is 5.70 Å². The molecule has 0 atom stereocenters. The molecule has 0 fully saturated rings. The summed E-state index contributed by atoms with van der Waals surface area (Å²) < 4.78 is 0. The smallest absolute Gasteiger partial charge is 0.282 e. The average Bonchev–Trinajstić information content (AvgIpc) is 3.04. The van der Waals surface area contributed by atoms with Crippen molar-refractivity contribution in [3.63, 3.8) is 0 Å². The molecule has 0 bridgehead atoms. The molecule has 2 aliphatic heterocycles. The van der Waals surface area contributed by atoms with Crippen molar-refractivity contribution in [2.24, 2.45) is 0 Å². The van der Waals surface area contributed by atoms with Crippen LogP contribution in [0.1, 0.15) is 33.4 Å². The lowest BCUT2D eigenvalue weighted by molar-refractivity contribution is -0.120. The number of carbonyl (C=O) groups is 2. The first-order chi connectivity index (χ1) is 15.4. The number of fused-ring (bicyclic) bond motifs is 1. The molecule has 32 heavy (non-hydrogen) atoms. The normalized spacial score (nSPS) is 16.1. The molecule has 3 aromatic rings. The monoisotopic (exact) mass is 422 g/mol. The highest BCUT2D eigenvalue weighted by Gasteiger charge is 2.43. The molecule has 0 radical (unpaired) electrons. The Kier molecular flexibility index (Phi) is 4.93. The number of imide groups is 1. The van der Waals surface area contributed by atoms with Crippen LogP contribution in [0.2, 0.25) is 0 Å². The Morgan fingerprint density at radius 2 is 1.44 bits per heavy atom. The summed E-state index contributed by atoms with van der Waals surface area (Å²) in [5, 5.41) is 0. The van der Waals surface area contributed by atoms with E-state index in [0.29, 0.717) is 30.0 Å². The van der Waals surface area contributed by atoms with Gasteiger partial charge in [-0.05, 0) is 61.6 Å². The summed E-state index contributed by atoms with van der Waals surface area (Å²) in [7, 11) is 0. The molecule has 3 aromatic carbocycles. The van der Waals surface area contributed by atoms with Gasteiger partial charge in [-0.1, -0.05) is 65.7 Å². The van der Waals surface area contributed by atoms with E-state index in [9.17, 15) is 9.59 Å². The van der Waals surface area contributed by atoms with Crippen LogP contribution in [0.4, 0.5) is 5.69 Å². The summed E-state index contributed by atoms with van der Waals surface area (Å²) >= 11 is 0. The molecule has 0 spiro atoms. The van der Waals surface area contributed by atoms with Crippen molar-refractivity contribution in [1.29, 1.82) is 0 Å². The molecule has 0 N–H and O–H groups in total. The van der Waals surface area contributed by atoms with Crippen LogP contribution in [0.3, 0.4) is 0 Å². The maximum absolute atomic E-state index is 13.8. The number of hydrogen-bond acceptors (Lipinski definition) is 3. The van der Waals surface area contributed by atoms with E-state index in [1.165, 1.54) is 16.0 Å². The van der Waals surface area contributed by atoms with Crippen molar-refractivity contribution in [3.05, 3.63) is 106 Å². The summed E-state index contributed by atoms with van der Waals surface area (Å²) in [6.45, 7) is 7.37. The van der Waals surface area contributed by atoms with Gasteiger partial charge in [-0.3, -0.25) is 9.59 Å². The van der Waals surface area contributed by atoms with Crippen molar-refractivity contribution >= 4 is 23.1 Å². The number of anilines is 1. The molecule has 0 saturated heterocycles. The number of benzene rings is 3. The first-order valence-corrected chi connectivity index (χ1v) is 11.0. The lowest BCUT2D eigenvalue weighted by Gasteiger charge is -2.31. The molecule has 0 unspecified atom stereocenters. The van der Waals surface area contributed by atoms with Crippen LogP contribution in [0.5, 0.6) is 0 Å². The molecule has 0 saturated carbocycles. The topological polar surface area (TPSA) is 40.6 Å². The maximum Gasteiger partial charge on any atom is 0.282 e. The second-order valence-corrected chi connectivity index (χ2v) is 8.76. The predicted molar refractivity (Wildman–Crippen MR) is 127 cm³/mol. The standard InChI is InChI=1S/C28H26N2O2/c1-18-8-11-23(12-9-18)30-27(31)25(24-13-10-19(2)16-20(24)3)26(28(30)32)29-15-14-21-6-4-5-7-22(21)17-29/h4-13,16H,14-15,17H2,1-3H3. The van der Waals surface area contributed by atoms with Crippen molar-refractivity contribution in [3.8, 4) is 0 Å². The minimum Gasteiger partial charge on any atom is -0.362 e. The third kappa shape index (κ3) is 3.32. The van der Waals surface area contributed by atoms with Crippen LogP contribution < -0.4 is 4.90 Å². The fourth-order valence-corrected chi connectivity index (χ4v) is 4.76. The Hall–Kier alpha value is -3.66. The molecule has 0 aliphatic carbocycles. The zero-order valence-electron chi connectivity index (χ0n) is 18.7. The third-order valence-electron chi connectivity index (χ3n) is 6.45. The van der Waals surface area contributed by atoms with Crippen LogP contribution in [0.25, 0.3) is 5.57 Å². The van der Waals surface area contributed by atoms with E-state index in [2.05, 4.69) is 29.2 Å². The Bertz CT molecular complexity index is 1270. The van der Waals surface area contributed by atoms with Gasteiger partial charge in [0.05, 0.1) is 11.3 Å². The van der Waals surface area contributed by atoms with Gasteiger partial charge in [-0.15, -0.1) is 0 Å². The van der Waals surface area contributed by atoms with Gasteiger partial charge in [0.2, 0.25) is 0 Å². The SMILES string of the molecule is Cc1ccc(N2C(=O)C(c3ccc(C)cc3C)=C(N3CCc4ccccc4C3)C2=O)cc1. The molecule has 5 rings (SSSR count). The van der Waals surface area contributed by atoms with Crippen LogP contribution in [-0.4, -0.2) is 23.3 Å². The van der Waals surface area contributed by atoms with E-state index >= 15 is 0 Å². The van der Waals surface area contributed by atoms with Crippen molar-refractivity contribution in [1.82, 2.24) is 4.90 Å². The molecule has 2 heterocycles. The van der Waals surface area contributed by atoms with Crippen molar-refractivity contribution in [2.75, 3.05) is 11.4 Å². The minimum atomic E-state index is -0.250. The number of rotatable bonds is 3. The molecule has 0 aromatic heterocycles. The summed E-state index contributed by atoms with van der Waals surface area (Å²) in [4.78, 5) is 31.0. The molecular formula is C28H26N2O2. The number of hydrogen-bond donors (Lipinski definition) is 0. The van der Waals surface area contributed by atoms with Gasteiger partial charge in [0, 0.05) is 13.1 Å². The lowest BCUT2D eigenvalue weighted by atomic mass is 9.95. The van der Waals surface area contributed by atoms with E-state index in [1.807, 2.05) is 63.2 Å². The van der Waals surface area contributed by atoms with E-state index in [0.717, 1.165) is 28.7 Å². The van der Waals surface area contributed by atoms with Crippen molar-refractivity contribution in [2.45, 2.75) is 33.7 Å². The first-order valence-electron chi connectivity index (χ1n) is 11.0. The van der Waals surface area contributed by atoms with Crippen LogP contribution in [0.15, 0.2) is 72.4 Å². The number of carbonyl (C=O) groups excluding carboxylic acids is 2. The molecule has 160 valence electrons. The van der Waals surface area contributed by atoms with E-state index in [1.54, 1.807) is 0 Å². The Balaban J connectivity index is 1.65. The molecular weight excluding hydrogens is 396 g/mol. The number of aryl methyl sites for hydroxylation is 3. The number of nitrogens with zero attached hydrogens (tertiary/aromatic N) is 2. The second-order valence-electron chi connectivity index (χ2n) is 8.76. The molecule has 2 aliphatic rings. The minimum absolute atomic E-state index is 0.242. The van der Waals surface area contributed by atoms with Gasteiger partial charge in [0.25, 0.3) is 11.8 Å². The van der Waals surface area contributed by atoms with E-state index < -0.39 is 0 Å². The van der Waals surface area contributed by atoms with Gasteiger partial charge in [-0.25, -0.2) is 4.90 Å². The third-order valence-corrected chi connectivity index (χ3v) is 6.45. The van der Waals surface area contributed by atoms with Crippen LogP contribution in [0, 0.1) is 20.8 Å². The van der Waals surface area contributed by atoms with Gasteiger partial charge in [0.15, 0.2) is 0 Å². The Morgan fingerprint density at radius 1 is 0.750 bits per heavy atom. The fraction of sp³-hybridized carbons (Fsp3) is 0.214. The van der Waals surface area contributed by atoms with Crippen molar-refractivity contribution < 1.29 is 9.59 Å². The second kappa shape index (κ2) is 7.79. The highest BCUT2D eigenvalue weighted by atomic mass is 16.2. The predicted octanol–water partition coefficient (Wildman–Crippen LogP) is 4.95. The zero-order valence-corrected chi connectivity index (χ0v) is 18.7. The van der Waals surface area contributed by atoms with E-state index in [-0.39, 0.29) is 11.8 Å². The van der Waals surface area contributed by atoms with Crippen LogP contribution in [-0.2, 0) is 22.6 Å². The summed E-state index contributed by atoms with van der Waals surface area (Å²) in [5.74, 6) is -0.493. The highest BCUT2D eigenvalue weighted by Crippen LogP contribution is 2.38. The summed E-state index contributed by atoms with van der Waals surface area (Å²) in [5.41, 5.74) is 8.20. The average molecular weight is 423 g/mol. The first kappa shape index (κ1) is 20.3. The molecule has 4 nitrogen and oxygen atoms in total. The quantitative estimate of drug-likeness (QED) is 0.561. The van der Waals surface area contributed by atoms with Gasteiger partial charge >= 0.3 is 0 Å². The van der Waals surface area contributed by atoms with E-state index in [4.69, 9.17) is 0 Å². The fourth-order valence-electron chi connectivity index (χ4n) is 4.76.